The molecule has 0 unspecified atom stereocenters. The maximum Gasteiger partial charge on any atom is 0.337 e. The van der Waals surface area contributed by atoms with Crippen molar-refractivity contribution in [1.82, 2.24) is 4.90 Å². The minimum Gasteiger partial charge on any atom is -0.465 e. The van der Waals surface area contributed by atoms with E-state index in [-0.39, 0.29) is 17.8 Å². The second kappa shape index (κ2) is 5.21. The minimum atomic E-state index is -0.344. The molecule has 2 rings (SSSR count). The molecule has 1 amide bonds. The van der Waals surface area contributed by atoms with Gasteiger partial charge in [0, 0.05) is 19.5 Å². The average molecular weight is 247 g/mol. The summed E-state index contributed by atoms with van der Waals surface area (Å²) in [5.74, 6) is 0.111. The van der Waals surface area contributed by atoms with Crippen molar-refractivity contribution in [3.8, 4) is 0 Å². The van der Waals surface area contributed by atoms with Gasteiger partial charge in [0.1, 0.15) is 0 Å². The number of ether oxygens (including phenoxy) is 1. The first-order valence-electron chi connectivity index (χ1n) is 6.04. The molecule has 0 saturated heterocycles. The van der Waals surface area contributed by atoms with Crippen molar-refractivity contribution in [1.29, 1.82) is 0 Å². The van der Waals surface area contributed by atoms with Crippen LogP contribution in [-0.2, 0) is 16.1 Å². The van der Waals surface area contributed by atoms with Crippen molar-refractivity contribution in [2.24, 2.45) is 5.92 Å². The molecule has 0 N–H and O–H groups in total. The van der Waals surface area contributed by atoms with Crippen LogP contribution >= 0.6 is 0 Å². The predicted molar refractivity (Wildman–Crippen MR) is 67.0 cm³/mol. The van der Waals surface area contributed by atoms with Crippen LogP contribution < -0.4 is 0 Å². The normalized spacial score (nSPS) is 14.1. The van der Waals surface area contributed by atoms with Gasteiger partial charge in [-0.2, -0.15) is 0 Å². The summed E-state index contributed by atoms with van der Waals surface area (Å²) in [6, 6.07) is 7.14. The van der Waals surface area contributed by atoms with E-state index < -0.39 is 0 Å². The highest BCUT2D eigenvalue weighted by Gasteiger charge is 2.31. The van der Waals surface area contributed by atoms with E-state index in [4.69, 9.17) is 0 Å². The molecular weight excluding hydrogens is 230 g/mol. The van der Waals surface area contributed by atoms with Crippen LogP contribution in [0, 0.1) is 5.92 Å². The largest absolute Gasteiger partial charge is 0.465 e. The molecule has 1 saturated carbocycles. The Bertz CT molecular complexity index is 449. The number of hydrogen-bond acceptors (Lipinski definition) is 3. The molecule has 96 valence electrons. The molecule has 4 nitrogen and oxygen atoms in total. The van der Waals surface area contributed by atoms with Crippen LogP contribution in [0.1, 0.15) is 28.8 Å². The van der Waals surface area contributed by atoms with Crippen LogP contribution in [0.5, 0.6) is 0 Å². The lowest BCUT2D eigenvalue weighted by Crippen LogP contribution is -2.27. The molecule has 0 aliphatic heterocycles. The van der Waals surface area contributed by atoms with Gasteiger partial charge in [-0.05, 0) is 30.5 Å². The highest BCUT2D eigenvalue weighted by atomic mass is 16.5. The second-order valence-corrected chi connectivity index (χ2v) is 4.66. The number of hydrogen-bond donors (Lipinski definition) is 0. The topological polar surface area (TPSA) is 46.6 Å². The molecule has 1 fully saturated rings. The van der Waals surface area contributed by atoms with Crippen molar-refractivity contribution < 1.29 is 14.3 Å². The molecule has 0 heterocycles. The van der Waals surface area contributed by atoms with Gasteiger partial charge in [0.05, 0.1) is 12.7 Å². The molecule has 0 bridgehead atoms. The molecule has 0 spiro atoms. The lowest BCUT2D eigenvalue weighted by molar-refractivity contribution is -0.131. The van der Waals surface area contributed by atoms with E-state index in [0.717, 1.165) is 18.4 Å². The van der Waals surface area contributed by atoms with Gasteiger partial charge in [0.15, 0.2) is 0 Å². The number of amides is 1. The van der Waals surface area contributed by atoms with Crippen molar-refractivity contribution in [2.45, 2.75) is 19.4 Å². The fourth-order valence-electron chi connectivity index (χ4n) is 1.86. The summed E-state index contributed by atoms with van der Waals surface area (Å²) in [5.41, 5.74) is 1.54. The lowest BCUT2D eigenvalue weighted by atomic mass is 10.1. The van der Waals surface area contributed by atoms with E-state index in [1.807, 2.05) is 19.2 Å². The number of rotatable bonds is 4. The number of esters is 1. The highest BCUT2D eigenvalue weighted by Crippen LogP contribution is 2.30. The molecule has 0 atom stereocenters. The first kappa shape index (κ1) is 12.6. The zero-order valence-electron chi connectivity index (χ0n) is 10.7. The zero-order chi connectivity index (χ0) is 13.1. The first-order chi connectivity index (χ1) is 8.61. The van der Waals surface area contributed by atoms with Crippen LogP contribution in [0.2, 0.25) is 0 Å². The smallest absolute Gasteiger partial charge is 0.337 e. The molecule has 18 heavy (non-hydrogen) atoms. The SMILES string of the molecule is COC(=O)c1ccc(CN(C)C(=O)C2CC2)cc1. The summed E-state index contributed by atoms with van der Waals surface area (Å²) >= 11 is 0. The van der Waals surface area contributed by atoms with Gasteiger partial charge in [0.2, 0.25) is 5.91 Å². The maximum absolute atomic E-state index is 11.8. The number of benzene rings is 1. The summed E-state index contributed by atoms with van der Waals surface area (Å²) in [7, 11) is 3.17. The Balaban J connectivity index is 1.97. The van der Waals surface area contributed by atoms with Crippen LogP contribution in [0.25, 0.3) is 0 Å². The van der Waals surface area contributed by atoms with Gasteiger partial charge in [0.25, 0.3) is 0 Å². The highest BCUT2D eigenvalue weighted by molar-refractivity contribution is 5.89. The Labute approximate surface area is 107 Å². The summed E-state index contributed by atoms with van der Waals surface area (Å²) < 4.78 is 4.63. The molecule has 1 aliphatic carbocycles. The van der Waals surface area contributed by atoms with Crippen molar-refractivity contribution in [3.05, 3.63) is 35.4 Å². The van der Waals surface area contributed by atoms with E-state index in [1.165, 1.54) is 7.11 Å². The Morgan fingerprint density at radius 2 is 1.89 bits per heavy atom. The Morgan fingerprint density at radius 1 is 1.28 bits per heavy atom. The van der Waals surface area contributed by atoms with Crippen LogP contribution in [-0.4, -0.2) is 30.9 Å². The van der Waals surface area contributed by atoms with Crippen molar-refractivity contribution in [2.75, 3.05) is 14.2 Å². The quantitative estimate of drug-likeness (QED) is 0.763. The molecule has 4 heteroatoms. The van der Waals surface area contributed by atoms with E-state index >= 15 is 0 Å². The Kier molecular flexibility index (Phi) is 3.65. The average Bonchev–Trinajstić information content (AvgIpc) is 3.22. The molecule has 0 aromatic heterocycles. The fourth-order valence-corrected chi connectivity index (χ4v) is 1.86. The van der Waals surface area contributed by atoms with Gasteiger partial charge in [-0.3, -0.25) is 4.79 Å². The Hall–Kier alpha value is -1.84. The summed E-state index contributed by atoms with van der Waals surface area (Å²) in [6.45, 7) is 0.580. The molecule has 1 aromatic carbocycles. The maximum atomic E-state index is 11.8. The molecule has 1 aliphatic rings. The minimum absolute atomic E-state index is 0.215. The molecule has 0 radical (unpaired) electrons. The molecular formula is C14H17NO3. The van der Waals surface area contributed by atoms with E-state index in [9.17, 15) is 9.59 Å². The van der Waals surface area contributed by atoms with Crippen LogP contribution in [0.3, 0.4) is 0 Å². The van der Waals surface area contributed by atoms with Crippen molar-refractivity contribution in [3.63, 3.8) is 0 Å². The van der Waals surface area contributed by atoms with Gasteiger partial charge < -0.3 is 9.64 Å². The van der Waals surface area contributed by atoms with E-state index in [2.05, 4.69) is 4.74 Å². The van der Waals surface area contributed by atoms with Gasteiger partial charge in [-0.25, -0.2) is 4.79 Å². The predicted octanol–water partition coefficient (Wildman–Crippen LogP) is 1.84. The monoisotopic (exact) mass is 247 g/mol. The third kappa shape index (κ3) is 2.88. The number of nitrogens with zero attached hydrogens (tertiary/aromatic N) is 1. The van der Waals surface area contributed by atoms with E-state index in [0.29, 0.717) is 12.1 Å². The summed E-state index contributed by atoms with van der Waals surface area (Å²) in [5, 5.41) is 0. The number of methoxy groups -OCH3 is 1. The van der Waals surface area contributed by atoms with Gasteiger partial charge >= 0.3 is 5.97 Å². The zero-order valence-corrected chi connectivity index (χ0v) is 10.7. The molecule has 1 aromatic rings. The van der Waals surface area contributed by atoms with Gasteiger partial charge in [-0.1, -0.05) is 12.1 Å². The second-order valence-electron chi connectivity index (χ2n) is 4.66. The van der Waals surface area contributed by atoms with Crippen LogP contribution in [0.4, 0.5) is 0 Å². The first-order valence-corrected chi connectivity index (χ1v) is 6.04. The van der Waals surface area contributed by atoms with Crippen molar-refractivity contribution >= 4 is 11.9 Å². The standard InChI is InChI=1S/C14H17NO3/c1-15(13(16)11-7-8-11)9-10-3-5-12(6-4-10)14(17)18-2/h3-6,11H,7-9H2,1-2H3. The third-order valence-electron chi connectivity index (χ3n) is 3.10. The Morgan fingerprint density at radius 3 is 2.39 bits per heavy atom. The number of carbonyl (C=O) groups excluding carboxylic acids is 2. The lowest BCUT2D eigenvalue weighted by Gasteiger charge is -2.17. The van der Waals surface area contributed by atoms with Gasteiger partial charge in [-0.15, -0.1) is 0 Å². The summed E-state index contributed by atoms with van der Waals surface area (Å²) in [4.78, 5) is 24.8. The fraction of sp³-hybridized carbons (Fsp3) is 0.429. The third-order valence-corrected chi connectivity index (χ3v) is 3.10. The van der Waals surface area contributed by atoms with E-state index in [1.54, 1.807) is 17.0 Å². The number of carbonyl (C=O) groups is 2. The summed E-state index contributed by atoms with van der Waals surface area (Å²) in [6.07, 6.45) is 2.04. The van der Waals surface area contributed by atoms with Crippen LogP contribution in [0.15, 0.2) is 24.3 Å².